The summed E-state index contributed by atoms with van der Waals surface area (Å²) < 4.78 is 8.43. The SMILES string of the molecule is C[C@H]([C@H]1CN(C2CCN(C3=NN=C(N)C3)CC2)[C@@H](Cc2ccc(Cl)cc2)CO1)n1cccn1. The third kappa shape index (κ3) is 5.08. The highest BCUT2D eigenvalue weighted by molar-refractivity contribution is 6.30. The topological polar surface area (TPSA) is 84.3 Å². The molecule has 8 nitrogen and oxygen atoms in total. The molecule has 0 bridgehead atoms. The van der Waals surface area contributed by atoms with Crippen molar-refractivity contribution in [1.29, 1.82) is 0 Å². The van der Waals surface area contributed by atoms with Crippen LogP contribution in [0.5, 0.6) is 0 Å². The fraction of sp³-hybridized carbons (Fsp3) is 0.542. The molecule has 5 rings (SSSR count). The van der Waals surface area contributed by atoms with Gasteiger partial charge in [0.15, 0.2) is 0 Å². The lowest BCUT2D eigenvalue weighted by Crippen LogP contribution is -2.58. The third-order valence-electron chi connectivity index (χ3n) is 7.16. The van der Waals surface area contributed by atoms with Gasteiger partial charge in [-0.2, -0.15) is 5.10 Å². The zero-order valence-electron chi connectivity index (χ0n) is 19.1. The van der Waals surface area contributed by atoms with E-state index in [-0.39, 0.29) is 12.1 Å². The average molecular weight is 470 g/mol. The molecule has 2 fully saturated rings. The maximum Gasteiger partial charge on any atom is 0.135 e. The molecule has 0 radical (unpaired) electrons. The van der Waals surface area contributed by atoms with Crippen LogP contribution >= 0.6 is 11.6 Å². The van der Waals surface area contributed by atoms with Crippen molar-refractivity contribution in [2.24, 2.45) is 15.9 Å². The van der Waals surface area contributed by atoms with E-state index in [0.29, 0.717) is 24.3 Å². The molecule has 1 aromatic heterocycles. The fourth-order valence-electron chi connectivity index (χ4n) is 5.22. The van der Waals surface area contributed by atoms with E-state index in [1.165, 1.54) is 5.56 Å². The fourth-order valence-corrected chi connectivity index (χ4v) is 5.35. The molecule has 33 heavy (non-hydrogen) atoms. The summed E-state index contributed by atoms with van der Waals surface area (Å²) in [5.74, 6) is 1.62. The van der Waals surface area contributed by atoms with Crippen LogP contribution in [-0.4, -0.2) is 75.7 Å². The molecule has 3 aliphatic heterocycles. The van der Waals surface area contributed by atoms with Crippen LogP contribution in [0.2, 0.25) is 5.02 Å². The lowest BCUT2D eigenvalue weighted by molar-refractivity contribution is -0.102. The molecule has 0 unspecified atom stereocenters. The number of morpholine rings is 1. The van der Waals surface area contributed by atoms with Crippen LogP contribution in [0.1, 0.15) is 37.8 Å². The Morgan fingerprint density at radius 1 is 1.18 bits per heavy atom. The minimum absolute atomic E-state index is 0.108. The Balaban J connectivity index is 1.28. The Morgan fingerprint density at radius 2 is 1.97 bits per heavy atom. The summed E-state index contributed by atoms with van der Waals surface area (Å²) in [4.78, 5) is 5.04. The molecule has 2 N–H and O–H groups in total. The predicted molar refractivity (Wildman–Crippen MR) is 131 cm³/mol. The van der Waals surface area contributed by atoms with E-state index in [0.717, 1.165) is 56.4 Å². The van der Waals surface area contributed by atoms with E-state index in [1.54, 1.807) is 0 Å². The zero-order valence-corrected chi connectivity index (χ0v) is 19.8. The third-order valence-corrected chi connectivity index (χ3v) is 7.41. The van der Waals surface area contributed by atoms with E-state index < -0.39 is 0 Å². The first-order chi connectivity index (χ1) is 16.1. The van der Waals surface area contributed by atoms with Crippen molar-refractivity contribution in [2.45, 2.75) is 56.8 Å². The summed E-state index contributed by atoms with van der Waals surface area (Å²) in [5, 5.41) is 13.5. The number of nitrogens with zero attached hydrogens (tertiary/aromatic N) is 6. The summed E-state index contributed by atoms with van der Waals surface area (Å²) in [5.41, 5.74) is 7.13. The van der Waals surface area contributed by atoms with Gasteiger partial charge in [0.05, 0.1) is 25.2 Å². The van der Waals surface area contributed by atoms with Gasteiger partial charge in [0.25, 0.3) is 0 Å². The van der Waals surface area contributed by atoms with Crippen molar-refractivity contribution in [3.63, 3.8) is 0 Å². The maximum absolute atomic E-state index is 6.42. The molecule has 176 valence electrons. The van der Waals surface area contributed by atoms with Crippen LogP contribution in [0, 0.1) is 0 Å². The molecule has 3 aliphatic rings. The van der Waals surface area contributed by atoms with Crippen molar-refractivity contribution < 1.29 is 4.74 Å². The Kier molecular flexibility index (Phi) is 6.66. The van der Waals surface area contributed by atoms with E-state index in [2.05, 4.69) is 44.2 Å². The number of amidine groups is 2. The lowest BCUT2D eigenvalue weighted by Gasteiger charge is -2.48. The molecule has 3 atom stereocenters. The standard InChI is InChI=1S/C24H32ClN7O/c1-17(32-10-2-9-27-32)22-15-31(21(16-33-22)13-18-3-5-19(25)6-4-18)20-7-11-30(12-8-20)24-14-23(26)28-29-24/h2-6,9-10,17,20-22H,7-8,11-16H2,1H3,(H2,26,28)/t17-,21+,22-/m1/s1. The summed E-state index contributed by atoms with van der Waals surface area (Å²) in [6, 6.07) is 11.2. The summed E-state index contributed by atoms with van der Waals surface area (Å²) >= 11 is 6.11. The Labute approximate surface area is 200 Å². The Bertz CT molecular complexity index is 983. The highest BCUT2D eigenvalue weighted by atomic mass is 35.5. The van der Waals surface area contributed by atoms with E-state index in [9.17, 15) is 0 Å². The minimum Gasteiger partial charge on any atom is -0.385 e. The van der Waals surface area contributed by atoms with Crippen molar-refractivity contribution in [3.05, 3.63) is 53.3 Å². The second-order valence-corrected chi connectivity index (χ2v) is 9.72. The molecule has 0 saturated carbocycles. The van der Waals surface area contributed by atoms with Crippen molar-refractivity contribution in [1.82, 2.24) is 19.6 Å². The van der Waals surface area contributed by atoms with Gasteiger partial charge in [-0.3, -0.25) is 9.58 Å². The molecule has 4 heterocycles. The normalized spacial score (nSPS) is 25.7. The van der Waals surface area contributed by atoms with Gasteiger partial charge in [-0.15, -0.1) is 10.2 Å². The molecule has 0 aliphatic carbocycles. The van der Waals surface area contributed by atoms with Gasteiger partial charge in [0, 0.05) is 49.1 Å². The van der Waals surface area contributed by atoms with Crippen molar-refractivity contribution >= 4 is 23.3 Å². The van der Waals surface area contributed by atoms with Crippen LogP contribution < -0.4 is 5.73 Å². The quantitative estimate of drug-likeness (QED) is 0.727. The van der Waals surface area contributed by atoms with Crippen LogP contribution in [0.3, 0.4) is 0 Å². The number of halogens is 1. The monoisotopic (exact) mass is 469 g/mol. The second-order valence-electron chi connectivity index (χ2n) is 9.28. The Morgan fingerprint density at radius 3 is 2.64 bits per heavy atom. The maximum atomic E-state index is 6.42. The molecule has 0 spiro atoms. The van der Waals surface area contributed by atoms with E-state index in [4.69, 9.17) is 22.1 Å². The number of nitrogens with two attached hydrogens (primary N) is 1. The van der Waals surface area contributed by atoms with E-state index in [1.807, 2.05) is 35.3 Å². The van der Waals surface area contributed by atoms with Gasteiger partial charge in [-0.25, -0.2) is 0 Å². The minimum atomic E-state index is 0.108. The molecule has 2 aromatic rings. The van der Waals surface area contributed by atoms with Crippen molar-refractivity contribution in [2.75, 3.05) is 26.2 Å². The smallest absolute Gasteiger partial charge is 0.135 e. The molecule has 1 aromatic carbocycles. The molecular formula is C24H32ClN7O. The largest absolute Gasteiger partial charge is 0.385 e. The van der Waals surface area contributed by atoms with Crippen LogP contribution in [0.4, 0.5) is 0 Å². The van der Waals surface area contributed by atoms with Gasteiger partial charge in [0.1, 0.15) is 11.7 Å². The molecule has 2 saturated heterocycles. The molecular weight excluding hydrogens is 438 g/mol. The van der Waals surface area contributed by atoms with Crippen molar-refractivity contribution in [3.8, 4) is 0 Å². The summed E-state index contributed by atoms with van der Waals surface area (Å²) in [6.45, 7) is 5.78. The van der Waals surface area contributed by atoms with Gasteiger partial charge in [-0.05, 0) is 49.9 Å². The summed E-state index contributed by atoms with van der Waals surface area (Å²) in [7, 11) is 0. The number of piperidine rings is 1. The lowest BCUT2D eigenvalue weighted by atomic mass is 9.95. The molecule has 0 amide bonds. The molecule has 9 heteroatoms. The first-order valence-corrected chi connectivity index (χ1v) is 12.2. The number of hydrogen-bond acceptors (Lipinski definition) is 7. The first-order valence-electron chi connectivity index (χ1n) is 11.8. The van der Waals surface area contributed by atoms with Gasteiger partial charge >= 0.3 is 0 Å². The van der Waals surface area contributed by atoms with E-state index >= 15 is 0 Å². The van der Waals surface area contributed by atoms with Gasteiger partial charge < -0.3 is 15.4 Å². The number of aromatic nitrogens is 2. The number of rotatable bonds is 5. The zero-order chi connectivity index (χ0) is 22.8. The second kappa shape index (κ2) is 9.83. The number of likely N-dealkylation sites (tertiary alicyclic amines) is 1. The highest BCUT2D eigenvalue weighted by Crippen LogP contribution is 2.29. The first kappa shape index (κ1) is 22.4. The average Bonchev–Trinajstić information content (AvgIpc) is 3.53. The number of ether oxygens (including phenoxy) is 1. The number of benzene rings is 1. The van der Waals surface area contributed by atoms with Crippen LogP contribution in [-0.2, 0) is 11.2 Å². The Hall–Kier alpha value is -2.42. The van der Waals surface area contributed by atoms with Gasteiger partial charge in [0.2, 0.25) is 0 Å². The summed E-state index contributed by atoms with van der Waals surface area (Å²) in [6.07, 6.45) is 7.78. The van der Waals surface area contributed by atoms with Crippen LogP contribution in [0.15, 0.2) is 52.9 Å². The van der Waals surface area contributed by atoms with Gasteiger partial charge in [-0.1, -0.05) is 23.7 Å². The predicted octanol–water partition coefficient (Wildman–Crippen LogP) is 2.95. The highest BCUT2D eigenvalue weighted by Gasteiger charge is 2.38. The number of hydrogen-bond donors (Lipinski definition) is 1. The van der Waals surface area contributed by atoms with Crippen LogP contribution in [0.25, 0.3) is 0 Å².